The van der Waals surface area contributed by atoms with E-state index in [2.05, 4.69) is 36.8 Å². The Hall–Kier alpha value is -2.10. The summed E-state index contributed by atoms with van der Waals surface area (Å²) in [4.78, 5) is 24.9. The Kier molecular flexibility index (Phi) is 7.38. The number of H-pyrrole nitrogens is 1. The summed E-state index contributed by atoms with van der Waals surface area (Å²) in [7, 11) is 1.62. The number of carbonyl (C=O) groups is 1. The van der Waals surface area contributed by atoms with Crippen molar-refractivity contribution in [1.29, 1.82) is 0 Å². The van der Waals surface area contributed by atoms with E-state index in [0.29, 0.717) is 30.3 Å². The number of ketones is 1. The number of rotatable bonds is 9. The minimum Gasteiger partial charge on any atom is -0.385 e. The second-order valence-electron chi connectivity index (χ2n) is 7.07. The zero-order valence-electron chi connectivity index (χ0n) is 17.5. The molecule has 9 heteroatoms. The molecule has 0 aliphatic carbocycles. The molecule has 0 saturated carbocycles. The number of halogens is 1. The largest absolute Gasteiger partial charge is 0.385 e. The second kappa shape index (κ2) is 9.80. The summed E-state index contributed by atoms with van der Waals surface area (Å²) >= 11 is 4.80. The number of hydrogen-bond donors (Lipinski definition) is 1. The van der Waals surface area contributed by atoms with E-state index < -0.39 is 0 Å². The van der Waals surface area contributed by atoms with Crippen LogP contribution in [0.5, 0.6) is 0 Å². The molecule has 0 fully saturated rings. The average molecular weight is 493 g/mol. The number of benzene rings is 1. The number of aryl methyl sites for hydroxylation is 2. The summed E-state index contributed by atoms with van der Waals surface area (Å²) < 4.78 is 9.73. The molecule has 0 aliphatic heterocycles. The highest BCUT2D eigenvalue weighted by Gasteiger charge is 2.19. The maximum Gasteiger partial charge on any atom is 0.343 e. The number of nitrogens with zero attached hydrogens (tertiary/aromatic N) is 3. The van der Waals surface area contributed by atoms with Gasteiger partial charge < -0.3 is 9.30 Å². The summed E-state index contributed by atoms with van der Waals surface area (Å²) in [6.45, 7) is 7.05. The first-order chi connectivity index (χ1) is 14.3. The van der Waals surface area contributed by atoms with E-state index in [-0.39, 0.29) is 17.2 Å². The van der Waals surface area contributed by atoms with E-state index in [1.165, 1.54) is 11.8 Å². The second-order valence-corrected chi connectivity index (χ2v) is 8.87. The van der Waals surface area contributed by atoms with Gasteiger partial charge in [-0.1, -0.05) is 27.7 Å². The molecule has 7 nitrogen and oxygen atoms in total. The minimum absolute atomic E-state index is 0.00655. The number of Topliss-reactive ketones (excluding diaryl/α,β-unsaturated/α-hetero) is 1. The van der Waals surface area contributed by atoms with Crippen LogP contribution in [0.3, 0.4) is 0 Å². The lowest BCUT2D eigenvalue weighted by atomic mass is 10.2. The fourth-order valence-corrected chi connectivity index (χ4v) is 4.50. The van der Waals surface area contributed by atoms with Gasteiger partial charge in [0.25, 0.3) is 0 Å². The molecule has 2 heterocycles. The van der Waals surface area contributed by atoms with Crippen molar-refractivity contribution in [2.75, 3.05) is 19.5 Å². The SMILES string of the molecule is COCCCn1c(SCC(=O)c2cc(C)n(-c3ccc(Br)c(C)c3)c2C)n[nH]c1=O. The molecule has 0 atom stereocenters. The van der Waals surface area contributed by atoms with Crippen molar-refractivity contribution in [2.45, 2.75) is 38.9 Å². The fourth-order valence-electron chi connectivity index (χ4n) is 3.40. The zero-order valence-corrected chi connectivity index (χ0v) is 19.9. The van der Waals surface area contributed by atoms with Crippen LogP contribution in [0.2, 0.25) is 0 Å². The van der Waals surface area contributed by atoms with E-state index in [4.69, 9.17) is 4.74 Å². The van der Waals surface area contributed by atoms with Crippen LogP contribution in [0.25, 0.3) is 5.69 Å². The molecule has 3 aromatic rings. The minimum atomic E-state index is -0.273. The first-order valence-corrected chi connectivity index (χ1v) is 11.4. The molecule has 2 aromatic heterocycles. The van der Waals surface area contributed by atoms with Crippen molar-refractivity contribution < 1.29 is 9.53 Å². The monoisotopic (exact) mass is 492 g/mol. The van der Waals surface area contributed by atoms with E-state index >= 15 is 0 Å². The van der Waals surface area contributed by atoms with Crippen LogP contribution in [0.1, 0.15) is 33.7 Å². The van der Waals surface area contributed by atoms with Crippen LogP contribution in [-0.2, 0) is 11.3 Å². The van der Waals surface area contributed by atoms with Gasteiger partial charge >= 0.3 is 5.69 Å². The van der Waals surface area contributed by atoms with Gasteiger partial charge in [-0.2, -0.15) is 0 Å². The molecule has 0 radical (unpaired) electrons. The number of nitrogens with one attached hydrogen (secondary N) is 1. The molecule has 0 bridgehead atoms. The molecular weight excluding hydrogens is 468 g/mol. The van der Waals surface area contributed by atoms with Crippen LogP contribution in [0, 0.1) is 20.8 Å². The van der Waals surface area contributed by atoms with Crippen LogP contribution in [0.4, 0.5) is 0 Å². The number of aromatic nitrogens is 4. The number of thioether (sulfide) groups is 1. The average Bonchev–Trinajstić information content (AvgIpc) is 3.21. The Labute approximate surface area is 188 Å². The molecule has 1 aromatic carbocycles. The normalized spacial score (nSPS) is 11.2. The van der Waals surface area contributed by atoms with Gasteiger partial charge in [-0.05, 0) is 57.0 Å². The molecule has 0 aliphatic rings. The number of methoxy groups -OCH3 is 1. The smallest absolute Gasteiger partial charge is 0.343 e. The molecule has 160 valence electrons. The first-order valence-electron chi connectivity index (χ1n) is 9.59. The van der Waals surface area contributed by atoms with Gasteiger partial charge in [-0.25, -0.2) is 9.89 Å². The van der Waals surface area contributed by atoms with E-state index in [1.807, 2.05) is 39.0 Å². The molecule has 3 rings (SSSR count). The van der Waals surface area contributed by atoms with Gasteiger partial charge in [0.15, 0.2) is 10.9 Å². The van der Waals surface area contributed by atoms with Crippen molar-refractivity contribution in [3.05, 3.63) is 61.7 Å². The lowest BCUT2D eigenvalue weighted by Gasteiger charge is -2.11. The lowest BCUT2D eigenvalue weighted by molar-refractivity contribution is 0.102. The van der Waals surface area contributed by atoms with Gasteiger partial charge in [0.2, 0.25) is 0 Å². The Bertz CT molecular complexity index is 1120. The number of ether oxygens (including phenoxy) is 1. The van der Waals surface area contributed by atoms with Crippen LogP contribution < -0.4 is 5.69 Å². The number of carbonyl (C=O) groups excluding carboxylic acids is 1. The van der Waals surface area contributed by atoms with Gasteiger partial charge in [-0.15, -0.1) is 5.10 Å². The van der Waals surface area contributed by atoms with E-state index in [9.17, 15) is 9.59 Å². The van der Waals surface area contributed by atoms with Gasteiger partial charge in [0.05, 0.1) is 5.75 Å². The zero-order chi connectivity index (χ0) is 21.8. The summed E-state index contributed by atoms with van der Waals surface area (Å²) in [6, 6.07) is 8.06. The highest BCUT2D eigenvalue weighted by atomic mass is 79.9. The molecule has 0 saturated heterocycles. The topological polar surface area (TPSA) is 81.9 Å². The molecule has 0 unspecified atom stereocenters. The lowest BCUT2D eigenvalue weighted by Crippen LogP contribution is -2.18. The quantitative estimate of drug-likeness (QED) is 0.276. The third-order valence-electron chi connectivity index (χ3n) is 4.92. The molecular formula is C21H25BrN4O3S. The maximum absolute atomic E-state index is 12.9. The standard InChI is InChI=1S/C21H25BrN4O3S/c1-13-10-16(6-7-18(13)22)26-14(2)11-17(15(26)3)19(27)12-30-21-24-23-20(28)25(21)8-5-9-29-4/h6-7,10-11H,5,8-9,12H2,1-4H3,(H,23,28). The highest BCUT2D eigenvalue weighted by molar-refractivity contribution is 9.10. The van der Waals surface area contributed by atoms with Crippen molar-refractivity contribution in [2.24, 2.45) is 0 Å². The van der Waals surface area contributed by atoms with Crippen molar-refractivity contribution in [3.63, 3.8) is 0 Å². The number of hydrogen-bond acceptors (Lipinski definition) is 5. The van der Waals surface area contributed by atoms with E-state index in [1.54, 1.807) is 11.7 Å². The summed E-state index contributed by atoms with van der Waals surface area (Å²) in [5, 5.41) is 7.03. The van der Waals surface area contributed by atoms with Crippen LogP contribution >= 0.6 is 27.7 Å². The maximum atomic E-state index is 12.9. The molecule has 1 N–H and O–H groups in total. The van der Waals surface area contributed by atoms with Crippen LogP contribution in [0.15, 0.2) is 38.7 Å². The Morgan fingerprint density at radius 3 is 2.73 bits per heavy atom. The third-order valence-corrected chi connectivity index (χ3v) is 6.78. The highest BCUT2D eigenvalue weighted by Crippen LogP contribution is 2.26. The van der Waals surface area contributed by atoms with Crippen molar-refractivity contribution in [1.82, 2.24) is 19.3 Å². The van der Waals surface area contributed by atoms with Crippen LogP contribution in [-0.4, -0.2) is 44.6 Å². The summed E-state index contributed by atoms with van der Waals surface area (Å²) in [6.07, 6.45) is 0.700. The Morgan fingerprint density at radius 1 is 1.27 bits per heavy atom. The Morgan fingerprint density at radius 2 is 2.03 bits per heavy atom. The van der Waals surface area contributed by atoms with Crippen molar-refractivity contribution >= 4 is 33.5 Å². The van der Waals surface area contributed by atoms with Gasteiger partial charge in [0, 0.05) is 47.4 Å². The summed E-state index contributed by atoms with van der Waals surface area (Å²) in [5.41, 5.74) is 4.47. The predicted molar refractivity (Wildman–Crippen MR) is 122 cm³/mol. The van der Waals surface area contributed by atoms with Gasteiger partial charge in [0.1, 0.15) is 0 Å². The first kappa shape index (κ1) is 22.6. The molecule has 0 amide bonds. The van der Waals surface area contributed by atoms with E-state index in [0.717, 1.165) is 27.1 Å². The Balaban J connectivity index is 1.77. The van der Waals surface area contributed by atoms with Crippen molar-refractivity contribution in [3.8, 4) is 5.69 Å². The predicted octanol–water partition coefficient (Wildman–Crippen LogP) is 4.06. The number of aromatic amines is 1. The fraction of sp³-hybridized carbons (Fsp3) is 0.381. The molecule has 30 heavy (non-hydrogen) atoms. The molecule has 0 spiro atoms. The summed E-state index contributed by atoms with van der Waals surface area (Å²) in [5.74, 6) is 0.213. The third kappa shape index (κ3) is 4.79. The van der Waals surface area contributed by atoms with Gasteiger partial charge in [-0.3, -0.25) is 9.36 Å².